The quantitative estimate of drug-likeness (QED) is 0.372. The highest BCUT2D eigenvalue weighted by Crippen LogP contribution is 2.18. The number of hydrogen-bond donors (Lipinski definition) is 3. The highest BCUT2D eigenvalue weighted by Gasteiger charge is 2.33. The summed E-state index contributed by atoms with van der Waals surface area (Å²) in [5.74, 6) is -0.593. The van der Waals surface area contributed by atoms with Gasteiger partial charge in [0.15, 0.2) is 9.84 Å². The Morgan fingerprint density at radius 3 is 2.29 bits per heavy atom. The van der Waals surface area contributed by atoms with E-state index in [1.54, 1.807) is 7.05 Å². The van der Waals surface area contributed by atoms with Crippen molar-refractivity contribution in [1.82, 2.24) is 10.2 Å². The SMILES string of the molecule is CCCC(CCC)S(=O)(=O)CC(NC)C(=O)N(Cc1cccc(CC)c1)C[C@@H](O)CN. The molecular formula is C23H41N3O4S. The Labute approximate surface area is 188 Å². The third-order valence-corrected chi connectivity index (χ3v) is 7.85. The van der Waals surface area contributed by atoms with Gasteiger partial charge < -0.3 is 21.1 Å². The monoisotopic (exact) mass is 455 g/mol. The first kappa shape index (κ1) is 27.6. The molecule has 0 heterocycles. The molecule has 0 saturated carbocycles. The van der Waals surface area contributed by atoms with Gasteiger partial charge in [0.25, 0.3) is 0 Å². The Balaban J connectivity index is 3.10. The molecule has 1 aromatic carbocycles. The molecule has 4 N–H and O–H groups in total. The number of rotatable bonds is 15. The first-order valence-electron chi connectivity index (χ1n) is 11.4. The van der Waals surface area contributed by atoms with E-state index in [-0.39, 0.29) is 31.3 Å². The van der Waals surface area contributed by atoms with E-state index in [4.69, 9.17) is 5.73 Å². The molecule has 1 amide bonds. The summed E-state index contributed by atoms with van der Waals surface area (Å²) in [4.78, 5) is 14.9. The second kappa shape index (κ2) is 13.8. The number of aliphatic hydroxyl groups is 1. The number of carbonyl (C=O) groups excluding carboxylic acids is 1. The van der Waals surface area contributed by atoms with E-state index in [1.165, 1.54) is 4.90 Å². The molecule has 31 heavy (non-hydrogen) atoms. The Kier molecular flexibility index (Phi) is 12.3. The van der Waals surface area contributed by atoms with E-state index in [1.807, 2.05) is 38.1 Å². The number of nitrogens with one attached hydrogen (secondary N) is 1. The Morgan fingerprint density at radius 1 is 1.16 bits per heavy atom. The van der Waals surface area contributed by atoms with E-state index in [0.29, 0.717) is 12.8 Å². The maximum atomic E-state index is 13.3. The van der Waals surface area contributed by atoms with Gasteiger partial charge in [0.2, 0.25) is 5.91 Å². The fourth-order valence-electron chi connectivity index (χ4n) is 3.74. The molecule has 178 valence electrons. The number of sulfone groups is 1. The lowest BCUT2D eigenvalue weighted by atomic mass is 10.1. The predicted octanol–water partition coefficient (Wildman–Crippen LogP) is 1.87. The topological polar surface area (TPSA) is 113 Å². The van der Waals surface area contributed by atoms with Crippen LogP contribution in [0, 0.1) is 0 Å². The number of nitrogens with two attached hydrogens (primary N) is 1. The number of carbonyl (C=O) groups is 1. The number of hydrogen-bond acceptors (Lipinski definition) is 6. The van der Waals surface area contributed by atoms with Gasteiger partial charge in [-0.15, -0.1) is 0 Å². The smallest absolute Gasteiger partial charge is 0.241 e. The normalized spacial score (nSPS) is 13.9. The van der Waals surface area contributed by atoms with Crippen molar-refractivity contribution >= 4 is 15.7 Å². The standard InChI is InChI=1S/C23H41N3O4S/c1-5-9-21(10-6-2)31(29,30)17-22(25-4)23(28)26(16-20(27)14-24)15-19-12-8-11-18(7-3)13-19/h8,11-13,20-22,25,27H,5-7,9-10,14-17,24H2,1-4H3/t20-,22?/m0/s1. The zero-order chi connectivity index (χ0) is 23.4. The fraction of sp³-hybridized carbons (Fsp3) is 0.696. The first-order valence-corrected chi connectivity index (χ1v) is 13.1. The van der Waals surface area contributed by atoms with Crippen LogP contribution in [0.3, 0.4) is 0 Å². The lowest BCUT2D eigenvalue weighted by molar-refractivity contribution is -0.134. The average Bonchev–Trinajstić information content (AvgIpc) is 2.76. The highest BCUT2D eigenvalue weighted by atomic mass is 32.2. The summed E-state index contributed by atoms with van der Waals surface area (Å²) in [7, 11) is -1.85. The summed E-state index contributed by atoms with van der Waals surface area (Å²) in [6.45, 7) is 6.37. The van der Waals surface area contributed by atoms with Crippen molar-refractivity contribution in [2.24, 2.45) is 5.73 Å². The minimum Gasteiger partial charge on any atom is -0.390 e. The number of aliphatic hydroxyl groups excluding tert-OH is 1. The minimum atomic E-state index is -3.45. The lowest BCUT2D eigenvalue weighted by Crippen LogP contribution is -2.51. The summed E-state index contributed by atoms with van der Waals surface area (Å²) < 4.78 is 26.1. The van der Waals surface area contributed by atoms with Gasteiger partial charge in [-0.25, -0.2) is 8.42 Å². The first-order chi connectivity index (χ1) is 14.7. The van der Waals surface area contributed by atoms with Crippen LogP contribution in [-0.4, -0.2) is 67.6 Å². The Morgan fingerprint density at radius 2 is 1.77 bits per heavy atom. The third kappa shape index (κ3) is 8.88. The van der Waals surface area contributed by atoms with Crippen molar-refractivity contribution in [3.05, 3.63) is 35.4 Å². The zero-order valence-electron chi connectivity index (χ0n) is 19.5. The zero-order valence-corrected chi connectivity index (χ0v) is 20.3. The molecule has 0 aliphatic carbocycles. The van der Waals surface area contributed by atoms with Crippen LogP contribution in [0.2, 0.25) is 0 Å². The van der Waals surface area contributed by atoms with Crippen LogP contribution >= 0.6 is 0 Å². The van der Waals surface area contributed by atoms with Gasteiger partial charge in [0.05, 0.1) is 17.1 Å². The van der Waals surface area contributed by atoms with E-state index in [9.17, 15) is 18.3 Å². The molecule has 0 aromatic heterocycles. The van der Waals surface area contributed by atoms with E-state index in [0.717, 1.165) is 30.4 Å². The number of aryl methyl sites for hydroxylation is 1. The summed E-state index contributed by atoms with van der Waals surface area (Å²) in [5.41, 5.74) is 7.66. The maximum absolute atomic E-state index is 13.3. The van der Waals surface area contributed by atoms with Crippen molar-refractivity contribution in [3.63, 3.8) is 0 Å². The van der Waals surface area contributed by atoms with Crippen LogP contribution in [0.5, 0.6) is 0 Å². The summed E-state index contributed by atoms with van der Waals surface area (Å²) in [6, 6.07) is 7.04. The van der Waals surface area contributed by atoms with Gasteiger partial charge in [0, 0.05) is 19.6 Å². The second-order valence-corrected chi connectivity index (χ2v) is 10.5. The molecular weight excluding hydrogens is 414 g/mol. The van der Waals surface area contributed by atoms with Crippen LogP contribution < -0.4 is 11.1 Å². The van der Waals surface area contributed by atoms with Gasteiger partial charge >= 0.3 is 0 Å². The molecule has 0 spiro atoms. The molecule has 0 fully saturated rings. The van der Waals surface area contributed by atoms with Gasteiger partial charge in [-0.05, 0) is 37.4 Å². The number of amides is 1. The van der Waals surface area contributed by atoms with Gasteiger partial charge in [-0.3, -0.25) is 4.79 Å². The molecule has 0 saturated heterocycles. The summed E-state index contributed by atoms with van der Waals surface area (Å²) in [5, 5.41) is 12.6. The molecule has 0 radical (unpaired) electrons. The number of nitrogens with zero attached hydrogens (tertiary/aromatic N) is 1. The average molecular weight is 456 g/mol. The fourth-order valence-corrected chi connectivity index (χ4v) is 5.98. The van der Waals surface area contributed by atoms with Gasteiger partial charge in [-0.2, -0.15) is 0 Å². The molecule has 7 nitrogen and oxygen atoms in total. The van der Waals surface area contributed by atoms with Crippen LogP contribution in [0.25, 0.3) is 0 Å². The third-order valence-electron chi connectivity index (χ3n) is 5.56. The van der Waals surface area contributed by atoms with Gasteiger partial charge in [0.1, 0.15) is 6.04 Å². The van der Waals surface area contributed by atoms with Crippen LogP contribution in [0.4, 0.5) is 0 Å². The largest absolute Gasteiger partial charge is 0.390 e. The molecule has 1 unspecified atom stereocenters. The van der Waals surface area contributed by atoms with E-state index < -0.39 is 27.2 Å². The van der Waals surface area contributed by atoms with Crippen LogP contribution in [-0.2, 0) is 27.6 Å². The molecule has 8 heteroatoms. The Bertz CT molecular complexity index is 764. The van der Waals surface area contributed by atoms with Crippen molar-refractivity contribution in [2.75, 3.05) is 25.9 Å². The lowest BCUT2D eigenvalue weighted by Gasteiger charge is -2.30. The van der Waals surface area contributed by atoms with Crippen molar-refractivity contribution < 1.29 is 18.3 Å². The molecule has 2 atom stereocenters. The number of benzene rings is 1. The minimum absolute atomic E-state index is 0.0242. The van der Waals surface area contributed by atoms with Crippen molar-refractivity contribution in [1.29, 1.82) is 0 Å². The molecule has 1 rings (SSSR count). The molecule has 0 aliphatic heterocycles. The number of likely N-dealkylation sites (N-methyl/N-ethyl adjacent to an activating group) is 1. The maximum Gasteiger partial charge on any atom is 0.241 e. The van der Waals surface area contributed by atoms with Crippen LogP contribution in [0.1, 0.15) is 57.6 Å². The van der Waals surface area contributed by atoms with Crippen molar-refractivity contribution in [2.45, 2.75) is 76.8 Å². The summed E-state index contributed by atoms with van der Waals surface area (Å²) in [6.07, 6.45) is 2.76. The Hall–Kier alpha value is -1.48. The molecule has 0 bridgehead atoms. The van der Waals surface area contributed by atoms with E-state index in [2.05, 4.69) is 12.2 Å². The highest BCUT2D eigenvalue weighted by molar-refractivity contribution is 7.92. The summed E-state index contributed by atoms with van der Waals surface area (Å²) >= 11 is 0. The van der Waals surface area contributed by atoms with E-state index >= 15 is 0 Å². The van der Waals surface area contributed by atoms with Crippen LogP contribution in [0.15, 0.2) is 24.3 Å². The van der Waals surface area contributed by atoms with Gasteiger partial charge in [-0.1, -0.05) is 57.9 Å². The van der Waals surface area contributed by atoms with Crippen molar-refractivity contribution in [3.8, 4) is 0 Å². The molecule has 1 aromatic rings. The second-order valence-electron chi connectivity index (χ2n) is 8.15. The molecule has 0 aliphatic rings. The predicted molar refractivity (Wildman–Crippen MR) is 127 cm³/mol.